The summed E-state index contributed by atoms with van der Waals surface area (Å²) in [4.78, 5) is 2.78. The highest BCUT2D eigenvalue weighted by Crippen LogP contribution is 2.40. The Morgan fingerprint density at radius 1 is 1.33 bits per heavy atom. The lowest BCUT2D eigenvalue weighted by atomic mass is 10.1. The summed E-state index contributed by atoms with van der Waals surface area (Å²) < 4.78 is 48.8. The van der Waals surface area contributed by atoms with Gasteiger partial charge in [0.2, 0.25) is 0 Å². The minimum absolute atomic E-state index is 0.255. The fourth-order valence-electron chi connectivity index (χ4n) is 2.26. The van der Waals surface area contributed by atoms with E-state index < -0.39 is 18.0 Å². The molecule has 1 aromatic carbocycles. The van der Waals surface area contributed by atoms with Crippen molar-refractivity contribution in [1.29, 1.82) is 0 Å². The number of benzene rings is 1. The molecule has 7 heteroatoms. The average molecular weight is 303 g/mol. The van der Waals surface area contributed by atoms with E-state index in [-0.39, 0.29) is 17.9 Å². The molecular weight excluding hydrogens is 287 g/mol. The van der Waals surface area contributed by atoms with Gasteiger partial charge in [0, 0.05) is 17.5 Å². The van der Waals surface area contributed by atoms with Crippen LogP contribution in [-0.4, -0.2) is 23.8 Å². The number of aliphatic hydroxyl groups is 1. The zero-order chi connectivity index (χ0) is 15.8. The number of H-pyrrole nitrogens is 1. The second-order valence-corrected chi connectivity index (χ2v) is 4.57. The highest BCUT2D eigenvalue weighted by molar-refractivity contribution is 5.87. The minimum Gasteiger partial charge on any atom is -0.496 e. The fraction of sp³-hybridized carbons (Fsp3) is 0.429. The van der Waals surface area contributed by atoms with E-state index in [9.17, 15) is 18.3 Å². The Morgan fingerprint density at radius 2 is 2.00 bits per heavy atom. The Bertz CT molecular complexity index is 649. The molecule has 2 N–H and O–H groups in total. The van der Waals surface area contributed by atoms with Gasteiger partial charge in [-0.2, -0.15) is 13.2 Å². The van der Waals surface area contributed by atoms with Crippen LogP contribution in [0.4, 0.5) is 13.2 Å². The van der Waals surface area contributed by atoms with Crippen LogP contribution in [0.2, 0.25) is 0 Å². The van der Waals surface area contributed by atoms with Crippen LogP contribution in [0.15, 0.2) is 12.1 Å². The quantitative estimate of drug-likeness (QED) is 0.850. The predicted octanol–water partition coefficient (Wildman–Crippen LogP) is 3.53. The summed E-state index contributed by atoms with van der Waals surface area (Å²) in [5.41, 5.74) is 0.372. The first kappa shape index (κ1) is 15.7. The third kappa shape index (κ3) is 2.84. The van der Waals surface area contributed by atoms with E-state index >= 15 is 0 Å². The first-order valence-corrected chi connectivity index (χ1v) is 6.36. The van der Waals surface area contributed by atoms with E-state index in [2.05, 4.69) is 4.98 Å². The Morgan fingerprint density at radius 3 is 2.52 bits per heavy atom. The molecule has 21 heavy (non-hydrogen) atoms. The van der Waals surface area contributed by atoms with Crippen molar-refractivity contribution in [2.45, 2.75) is 26.3 Å². The fourth-order valence-corrected chi connectivity index (χ4v) is 2.26. The molecule has 0 saturated heterocycles. The van der Waals surface area contributed by atoms with Crippen LogP contribution in [-0.2, 0) is 10.9 Å². The van der Waals surface area contributed by atoms with E-state index in [4.69, 9.17) is 9.47 Å². The van der Waals surface area contributed by atoms with E-state index in [1.54, 1.807) is 13.8 Å². The summed E-state index contributed by atoms with van der Waals surface area (Å²) in [6.07, 6.45) is -5.72. The molecule has 1 heterocycles. The second-order valence-electron chi connectivity index (χ2n) is 4.57. The molecule has 1 aromatic heterocycles. The lowest BCUT2D eigenvalue weighted by molar-refractivity contribution is -0.138. The van der Waals surface area contributed by atoms with Crippen molar-refractivity contribution in [3.63, 3.8) is 0 Å². The standard InChI is InChI=1S/C14H16F3NO3/c1-4-21-13(19)12-7(2)8-5-11(20-3)9(14(15,16)17)6-10(8)18-12/h5-6,13,18-19H,4H2,1-3H3. The average Bonchev–Trinajstić information content (AvgIpc) is 2.73. The summed E-state index contributed by atoms with van der Waals surface area (Å²) in [6.45, 7) is 3.70. The summed E-state index contributed by atoms with van der Waals surface area (Å²) in [5.74, 6) is -0.255. The van der Waals surface area contributed by atoms with Crippen LogP contribution in [0.3, 0.4) is 0 Å². The number of rotatable bonds is 4. The molecular formula is C14H16F3NO3. The van der Waals surface area contributed by atoms with Crippen molar-refractivity contribution in [3.05, 3.63) is 29.0 Å². The Balaban J connectivity index is 2.63. The Kier molecular flexibility index (Phi) is 4.15. The number of methoxy groups -OCH3 is 1. The lowest BCUT2D eigenvalue weighted by Gasteiger charge is -2.12. The maximum atomic E-state index is 13.0. The van der Waals surface area contributed by atoms with Gasteiger partial charge in [0.25, 0.3) is 0 Å². The Labute approximate surface area is 119 Å². The number of alkyl halides is 3. The van der Waals surface area contributed by atoms with Gasteiger partial charge in [-0.1, -0.05) is 0 Å². The third-order valence-electron chi connectivity index (χ3n) is 3.29. The molecule has 0 radical (unpaired) electrons. The molecule has 0 saturated carbocycles. The van der Waals surface area contributed by atoms with Crippen LogP contribution in [0.5, 0.6) is 5.75 Å². The maximum absolute atomic E-state index is 13.0. The monoisotopic (exact) mass is 303 g/mol. The molecule has 0 aliphatic heterocycles. The third-order valence-corrected chi connectivity index (χ3v) is 3.29. The molecule has 0 bridgehead atoms. The predicted molar refractivity (Wildman–Crippen MR) is 71.2 cm³/mol. The van der Waals surface area contributed by atoms with Gasteiger partial charge in [-0.25, -0.2) is 0 Å². The largest absolute Gasteiger partial charge is 0.496 e. The van der Waals surface area contributed by atoms with E-state index in [1.807, 2.05) is 0 Å². The van der Waals surface area contributed by atoms with Crippen molar-refractivity contribution in [1.82, 2.24) is 4.98 Å². The zero-order valence-corrected chi connectivity index (χ0v) is 11.8. The molecule has 0 aliphatic rings. The van der Waals surface area contributed by atoms with Crippen LogP contribution in [0.25, 0.3) is 10.9 Å². The van der Waals surface area contributed by atoms with E-state index in [0.29, 0.717) is 16.6 Å². The second kappa shape index (κ2) is 5.57. The molecule has 0 fully saturated rings. The minimum atomic E-state index is -4.52. The van der Waals surface area contributed by atoms with Gasteiger partial charge in [0.05, 0.1) is 18.4 Å². The number of hydrogen-bond acceptors (Lipinski definition) is 3. The number of hydrogen-bond donors (Lipinski definition) is 2. The van der Waals surface area contributed by atoms with Gasteiger partial charge < -0.3 is 19.6 Å². The molecule has 2 rings (SSSR count). The van der Waals surface area contributed by atoms with Crippen LogP contribution in [0, 0.1) is 6.92 Å². The summed E-state index contributed by atoms with van der Waals surface area (Å²) in [5, 5.41) is 10.4. The van der Waals surface area contributed by atoms with E-state index in [1.165, 1.54) is 13.2 Å². The SMILES string of the molecule is CCOC(O)c1[nH]c2cc(C(F)(F)F)c(OC)cc2c1C. The van der Waals surface area contributed by atoms with Gasteiger partial charge in [0.1, 0.15) is 5.75 Å². The molecule has 1 unspecified atom stereocenters. The first-order valence-electron chi connectivity index (χ1n) is 6.36. The van der Waals surface area contributed by atoms with Crippen LogP contribution < -0.4 is 4.74 Å². The number of aromatic amines is 1. The van der Waals surface area contributed by atoms with Crippen molar-refractivity contribution in [2.24, 2.45) is 0 Å². The Hall–Kier alpha value is -1.73. The normalized spacial score (nSPS) is 13.7. The summed E-state index contributed by atoms with van der Waals surface area (Å²) in [7, 11) is 1.19. The summed E-state index contributed by atoms with van der Waals surface area (Å²) in [6, 6.07) is 2.29. The number of aliphatic hydroxyl groups excluding tert-OH is 1. The molecule has 116 valence electrons. The molecule has 0 aliphatic carbocycles. The molecule has 1 atom stereocenters. The first-order chi connectivity index (χ1) is 9.79. The number of halogens is 3. The number of aromatic nitrogens is 1. The van der Waals surface area contributed by atoms with Crippen LogP contribution >= 0.6 is 0 Å². The van der Waals surface area contributed by atoms with Gasteiger partial charge in [-0.3, -0.25) is 0 Å². The number of fused-ring (bicyclic) bond motifs is 1. The number of nitrogens with one attached hydrogen (secondary N) is 1. The topological polar surface area (TPSA) is 54.5 Å². The van der Waals surface area contributed by atoms with Gasteiger partial charge in [0.15, 0.2) is 6.29 Å². The molecule has 4 nitrogen and oxygen atoms in total. The zero-order valence-electron chi connectivity index (χ0n) is 11.8. The van der Waals surface area contributed by atoms with Crippen molar-refractivity contribution in [2.75, 3.05) is 13.7 Å². The maximum Gasteiger partial charge on any atom is 0.420 e. The van der Waals surface area contributed by atoms with Crippen molar-refractivity contribution >= 4 is 10.9 Å². The molecule has 0 spiro atoms. The lowest BCUT2D eigenvalue weighted by Crippen LogP contribution is -2.07. The summed E-state index contributed by atoms with van der Waals surface area (Å²) >= 11 is 0. The highest BCUT2D eigenvalue weighted by atomic mass is 19.4. The molecule has 2 aromatic rings. The van der Waals surface area contributed by atoms with Gasteiger partial charge >= 0.3 is 6.18 Å². The smallest absolute Gasteiger partial charge is 0.420 e. The highest BCUT2D eigenvalue weighted by Gasteiger charge is 2.35. The van der Waals surface area contributed by atoms with Crippen molar-refractivity contribution in [3.8, 4) is 5.75 Å². The van der Waals surface area contributed by atoms with Crippen LogP contribution in [0.1, 0.15) is 30.0 Å². The number of aryl methyl sites for hydroxylation is 1. The molecule has 0 amide bonds. The van der Waals surface area contributed by atoms with Gasteiger partial charge in [-0.05, 0) is 31.5 Å². The van der Waals surface area contributed by atoms with Gasteiger partial charge in [-0.15, -0.1) is 0 Å². The van der Waals surface area contributed by atoms with Crippen molar-refractivity contribution < 1.29 is 27.8 Å². The van der Waals surface area contributed by atoms with E-state index in [0.717, 1.165) is 6.07 Å². The number of ether oxygens (including phenoxy) is 2.